The summed E-state index contributed by atoms with van der Waals surface area (Å²) >= 11 is 6.10. The van der Waals surface area contributed by atoms with Crippen LogP contribution in [0.25, 0.3) is 0 Å². The molecule has 18 heavy (non-hydrogen) atoms. The van der Waals surface area contributed by atoms with E-state index in [0.717, 1.165) is 16.9 Å². The first kappa shape index (κ1) is 12.8. The Morgan fingerprint density at radius 2 is 2.17 bits per heavy atom. The molecule has 0 amide bonds. The van der Waals surface area contributed by atoms with Crippen LogP contribution in [-0.4, -0.2) is 19.7 Å². The molecular weight excluding hydrogens is 250 g/mol. The van der Waals surface area contributed by atoms with Gasteiger partial charge in [0.05, 0.1) is 6.20 Å². The van der Waals surface area contributed by atoms with Crippen molar-refractivity contribution in [1.82, 2.24) is 19.7 Å². The van der Waals surface area contributed by atoms with Crippen LogP contribution in [0.5, 0.6) is 0 Å². The summed E-state index contributed by atoms with van der Waals surface area (Å²) in [6, 6.07) is 0. The first-order valence-electron chi connectivity index (χ1n) is 5.79. The van der Waals surface area contributed by atoms with Crippen molar-refractivity contribution in [3.05, 3.63) is 35.0 Å². The Morgan fingerprint density at radius 3 is 2.78 bits per heavy atom. The van der Waals surface area contributed by atoms with E-state index < -0.39 is 0 Å². The minimum absolute atomic E-state index is 0.273. The summed E-state index contributed by atoms with van der Waals surface area (Å²) in [5.74, 6) is 1.06. The lowest BCUT2D eigenvalue weighted by molar-refractivity contribution is 0.767. The molecule has 0 aliphatic carbocycles. The number of halogens is 1. The molecule has 0 spiro atoms. The summed E-state index contributed by atoms with van der Waals surface area (Å²) in [6.07, 6.45) is 5.26. The van der Waals surface area contributed by atoms with Crippen molar-refractivity contribution >= 4 is 17.4 Å². The zero-order chi connectivity index (χ0) is 13.1. The Hall–Kier alpha value is -1.62. The van der Waals surface area contributed by atoms with Crippen molar-refractivity contribution in [2.24, 2.45) is 7.05 Å². The third kappa shape index (κ3) is 2.79. The summed E-state index contributed by atoms with van der Waals surface area (Å²) in [7, 11) is 1.89. The predicted octanol–water partition coefficient (Wildman–Crippen LogP) is 2.60. The molecular formula is C12H16ClN5. The summed E-state index contributed by atoms with van der Waals surface area (Å²) in [5.41, 5.74) is 2.05. The second-order valence-electron chi connectivity index (χ2n) is 4.46. The van der Waals surface area contributed by atoms with Gasteiger partial charge in [-0.05, 0) is 5.92 Å². The minimum atomic E-state index is 0.273. The molecule has 1 N–H and O–H groups in total. The highest BCUT2D eigenvalue weighted by Crippen LogP contribution is 2.28. The van der Waals surface area contributed by atoms with Crippen molar-refractivity contribution in [2.45, 2.75) is 26.3 Å². The fraction of sp³-hybridized carbons (Fsp3) is 0.417. The second-order valence-corrected chi connectivity index (χ2v) is 4.82. The van der Waals surface area contributed by atoms with Crippen LogP contribution in [0.15, 0.2) is 18.7 Å². The zero-order valence-electron chi connectivity index (χ0n) is 10.7. The Kier molecular flexibility index (Phi) is 3.81. The molecule has 0 radical (unpaired) electrons. The van der Waals surface area contributed by atoms with Crippen LogP contribution >= 0.6 is 11.6 Å². The quantitative estimate of drug-likeness (QED) is 0.864. The fourth-order valence-electron chi connectivity index (χ4n) is 1.78. The number of hydrogen-bond acceptors (Lipinski definition) is 4. The number of hydrogen-bond donors (Lipinski definition) is 1. The van der Waals surface area contributed by atoms with E-state index >= 15 is 0 Å². The van der Waals surface area contributed by atoms with Crippen molar-refractivity contribution in [2.75, 3.05) is 5.32 Å². The third-order valence-corrected chi connectivity index (χ3v) is 2.93. The van der Waals surface area contributed by atoms with E-state index in [2.05, 4.69) is 34.2 Å². The van der Waals surface area contributed by atoms with Crippen LogP contribution in [0.3, 0.4) is 0 Å². The van der Waals surface area contributed by atoms with Crippen molar-refractivity contribution in [3.8, 4) is 0 Å². The first-order chi connectivity index (χ1) is 8.58. The molecule has 0 saturated heterocycles. The SMILES string of the molecule is CC(C)c1c(Cl)ncnc1NCc1cnn(C)c1. The van der Waals surface area contributed by atoms with Gasteiger partial charge >= 0.3 is 0 Å². The lowest BCUT2D eigenvalue weighted by atomic mass is 10.1. The number of rotatable bonds is 4. The second kappa shape index (κ2) is 5.35. The van der Waals surface area contributed by atoms with E-state index in [-0.39, 0.29) is 5.92 Å². The molecule has 5 nitrogen and oxygen atoms in total. The number of nitrogens with one attached hydrogen (secondary N) is 1. The van der Waals surface area contributed by atoms with E-state index in [1.807, 2.05) is 19.4 Å². The van der Waals surface area contributed by atoms with Crippen LogP contribution in [0.1, 0.15) is 30.9 Å². The Labute approximate surface area is 111 Å². The van der Waals surface area contributed by atoms with Crippen molar-refractivity contribution in [1.29, 1.82) is 0 Å². The molecule has 0 unspecified atom stereocenters. The van der Waals surface area contributed by atoms with Gasteiger partial charge in [0.15, 0.2) is 0 Å². The van der Waals surface area contributed by atoms with Crippen LogP contribution in [0, 0.1) is 0 Å². The molecule has 2 rings (SSSR count). The number of aromatic nitrogens is 4. The van der Waals surface area contributed by atoms with E-state index in [1.54, 1.807) is 4.68 Å². The molecule has 2 heterocycles. The highest BCUT2D eigenvalue weighted by molar-refractivity contribution is 6.30. The van der Waals surface area contributed by atoms with Gasteiger partial charge in [0, 0.05) is 30.9 Å². The first-order valence-corrected chi connectivity index (χ1v) is 6.17. The van der Waals surface area contributed by atoms with Crippen LogP contribution in [0.2, 0.25) is 5.15 Å². The molecule has 0 atom stereocenters. The fourth-order valence-corrected chi connectivity index (χ4v) is 2.13. The van der Waals surface area contributed by atoms with E-state index in [0.29, 0.717) is 11.7 Å². The lowest BCUT2D eigenvalue weighted by Gasteiger charge is -2.13. The molecule has 0 aliphatic heterocycles. The van der Waals surface area contributed by atoms with Gasteiger partial charge < -0.3 is 5.32 Å². The number of aryl methyl sites for hydroxylation is 1. The maximum atomic E-state index is 6.10. The number of nitrogens with zero attached hydrogens (tertiary/aromatic N) is 4. The van der Waals surface area contributed by atoms with E-state index in [4.69, 9.17) is 11.6 Å². The maximum absolute atomic E-state index is 6.10. The minimum Gasteiger partial charge on any atom is -0.365 e. The normalized spacial score (nSPS) is 10.9. The van der Waals surface area contributed by atoms with E-state index in [9.17, 15) is 0 Å². The maximum Gasteiger partial charge on any atom is 0.138 e. The standard InChI is InChI=1S/C12H16ClN5/c1-8(2)10-11(13)15-7-16-12(10)14-4-9-5-17-18(3)6-9/h5-8H,4H2,1-3H3,(H,14,15,16). The van der Waals surface area contributed by atoms with Crippen LogP contribution < -0.4 is 5.32 Å². The predicted molar refractivity (Wildman–Crippen MR) is 71.7 cm³/mol. The van der Waals surface area contributed by atoms with Gasteiger partial charge in [-0.2, -0.15) is 5.10 Å². The largest absolute Gasteiger partial charge is 0.365 e. The molecule has 0 aromatic carbocycles. The Balaban J connectivity index is 2.16. The van der Waals surface area contributed by atoms with E-state index in [1.165, 1.54) is 6.33 Å². The van der Waals surface area contributed by atoms with Crippen LogP contribution in [0.4, 0.5) is 5.82 Å². The molecule has 0 saturated carbocycles. The Morgan fingerprint density at radius 1 is 1.39 bits per heavy atom. The van der Waals surface area contributed by atoms with Crippen molar-refractivity contribution < 1.29 is 0 Å². The number of anilines is 1. The van der Waals surface area contributed by atoms with Gasteiger partial charge in [0.2, 0.25) is 0 Å². The third-order valence-electron chi connectivity index (χ3n) is 2.63. The summed E-state index contributed by atoms with van der Waals surface area (Å²) in [4.78, 5) is 8.27. The molecule has 0 aliphatic rings. The van der Waals surface area contributed by atoms with Crippen LogP contribution in [-0.2, 0) is 13.6 Å². The average Bonchev–Trinajstić information content (AvgIpc) is 2.72. The van der Waals surface area contributed by atoms with Crippen molar-refractivity contribution in [3.63, 3.8) is 0 Å². The molecule has 0 fully saturated rings. The highest BCUT2D eigenvalue weighted by atomic mass is 35.5. The molecule has 0 bridgehead atoms. The molecule has 6 heteroatoms. The summed E-state index contributed by atoms with van der Waals surface area (Å²) in [6.45, 7) is 4.81. The zero-order valence-corrected chi connectivity index (χ0v) is 11.4. The molecule has 96 valence electrons. The Bertz CT molecular complexity index is 535. The smallest absolute Gasteiger partial charge is 0.138 e. The topological polar surface area (TPSA) is 55.6 Å². The summed E-state index contributed by atoms with van der Waals surface area (Å²) < 4.78 is 1.77. The van der Waals surface area contributed by atoms with Gasteiger partial charge in [-0.25, -0.2) is 9.97 Å². The van der Waals surface area contributed by atoms with Gasteiger partial charge in [0.25, 0.3) is 0 Å². The van der Waals surface area contributed by atoms with Gasteiger partial charge in [-0.1, -0.05) is 25.4 Å². The average molecular weight is 266 g/mol. The van der Waals surface area contributed by atoms with Gasteiger partial charge in [0.1, 0.15) is 17.3 Å². The molecule has 2 aromatic heterocycles. The highest BCUT2D eigenvalue weighted by Gasteiger charge is 2.13. The molecule has 2 aromatic rings. The summed E-state index contributed by atoms with van der Waals surface area (Å²) in [5, 5.41) is 7.91. The van der Waals surface area contributed by atoms with Gasteiger partial charge in [-0.3, -0.25) is 4.68 Å². The monoisotopic (exact) mass is 265 g/mol. The lowest BCUT2D eigenvalue weighted by Crippen LogP contribution is -2.06. The van der Waals surface area contributed by atoms with Gasteiger partial charge in [-0.15, -0.1) is 0 Å².